The van der Waals surface area contributed by atoms with E-state index in [4.69, 9.17) is 12.6 Å². The highest BCUT2D eigenvalue weighted by Crippen LogP contribution is 2.24. The molecular weight excluding hydrogens is 291 g/mol. The van der Waals surface area contributed by atoms with Gasteiger partial charge >= 0.3 is 0 Å². The Morgan fingerprint density at radius 2 is 1.91 bits per heavy atom. The maximum atomic E-state index is 12.4. The normalized spacial score (nSPS) is 14.0. The molecule has 114 valence electrons. The maximum Gasteiger partial charge on any atom is 0.253 e. The number of methoxy groups -OCH3 is 1. The Hall–Kier alpha value is -2.76. The zero-order valence-corrected chi connectivity index (χ0v) is 12.7. The first kappa shape index (κ1) is 15.2. The van der Waals surface area contributed by atoms with E-state index >= 15 is 0 Å². The lowest BCUT2D eigenvalue weighted by atomic mass is 9.93. The van der Waals surface area contributed by atoms with Crippen LogP contribution in [0.3, 0.4) is 0 Å². The van der Waals surface area contributed by atoms with Crippen molar-refractivity contribution in [3.8, 4) is 5.75 Å². The summed E-state index contributed by atoms with van der Waals surface area (Å²) >= 11 is 0. The van der Waals surface area contributed by atoms with E-state index < -0.39 is 0 Å². The second-order valence-electron chi connectivity index (χ2n) is 5.29. The van der Waals surface area contributed by atoms with Gasteiger partial charge in [0.15, 0.2) is 0 Å². The van der Waals surface area contributed by atoms with Crippen molar-refractivity contribution in [3.05, 3.63) is 53.6 Å². The third-order valence-electron chi connectivity index (χ3n) is 3.76. The monoisotopic (exact) mass is 306 g/mol. The summed E-state index contributed by atoms with van der Waals surface area (Å²) in [7, 11) is 7.36. The minimum atomic E-state index is -0.294. The van der Waals surface area contributed by atoms with Crippen LogP contribution in [0.2, 0.25) is 0 Å². The minimum absolute atomic E-state index is 0.0381. The van der Waals surface area contributed by atoms with Gasteiger partial charge in [-0.3, -0.25) is 9.59 Å². The van der Waals surface area contributed by atoms with Crippen molar-refractivity contribution in [2.45, 2.75) is 6.54 Å². The van der Waals surface area contributed by atoms with Crippen molar-refractivity contribution in [3.63, 3.8) is 0 Å². The lowest BCUT2D eigenvalue weighted by Crippen LogP contribution is -2.36. The van der Waals surface area contributed by atoms with Crippen LogP contribution in [0.15, 0.2) is 42.5 Å². The van der Waals surface area contributed by atoms with E-state index in [9.17, 15) is 9.59 Å². The summed E-state index contributed by atoms with van der Waals surface area (Å²) in [5, 5.41) is 2.61. The molecule has 0 spiro atoms. The Kier molecular flexibility index (Phi) is 4.06. The van der Waals surface area contributed by atoms with Gasteiger partial charge in [-0.1, -0.05) is 29.7 Å². The highest BCUT2D eigenvalue weighted by Gasteiger charge is 2.26. The molecule has 3 rings (SSSR count). The zero-order chi connectivity index (χ0) is 16.4. The number of ether oxygens (including phenoxy) is 1. The minimum Gasteiger partial charge on any atom is -0.497 e. The molecule has 1 heterocycles. The predicted octanol–water partition coefficient (Wildman–Crippen LogP) is 0.766. The standard InChI is InChI=1S/C17H15BN2O3/c1-23-13-5-2-11(3-6-13)10-20-15-7-4-12(18)8-14(15)17(22)19-9-16(20)21/h2-8H,9-10H2,1H3,(H,19,22). The van der Waals surface area contributed by atoms with Crippen molar-refractivity contribution < 1.29 is 14.3 Å². The first-order chi connectivity index (χ1) is 11.1. The van der Waals surface area contributed by atoms with Gasteiger partial charge in [-0.25, -0.2) is 0 Å². The molecule has 0 bridgehead atoms. The van der Waals surface area contributed by atoms with Crippen LogP contribution in [0.5, 0.6) is 5.75 Å². The first-order valence-electron chi connectivity index (χ1n) is 7.19. The average Bonchev–Trinajstić information content (AvgIpc) is 2.68. The van der Waals surface area contributed by atoms with Crippen LogP contribution < -0.4 is 20.4 Å². The maximum absolute atomic E-state index is 12.4. The number of rotatable bonds is 3. The lowest BCUT2D eigenvalue weighted by molar-refractivity contribution is -0.117. The van der Waals surface area contributed by atoms with Gasteiger partial charge in [0.05, 0.1) is 31.5 Å². The topological polar surface area (TPSA) is 58.6 Å². The molecule has 0 saturated carbocycles. The van der Waals surface area contributed by atoms with Crippen LogP contribution in [0.4, 0.5) is 5.69 Å². The lowest BCUT2D eigenvalue weighted by Gasteiger charge is -2.22. The molecule has 0 atom stereocenters. The Morgan fingerprint density at radius 3 is 2.61 bits per heavy atom. The van der Waals surface area contributed by atoms with E-state index in [-0.39, 0.29) is 18.4 Å². The molecule has 2 radical (unpaired) electrons. The summed E-state index contributed by atoms with van der Waals surface area (Å²) < 4.78 is 5.13. The smallest absolute Gasteiger partial charge is 0.253 e. The Bertz CT molecular complexity index is 759. The number of hydrogen-bond donors (Lipinski definition) is 1. The molecular formula is C17H15BN2O3. The van der Waals surface area contributed by atoms with Crippen molar-refractivity contribution in [1.29, 1.82) is 0 Å². The molecule has 0 saturated heterocycles. The van der Waals surface area contributed by atoms with Crippen LogP contribution in [-0.2, 0) is 11.3 Å². The Balaban J connectivity index is 1.97. The molecule has 1 aliphatic rings. The van der Waals surface area contributed by atoms with Crippen LogP contribution in [-0.4, -0.2) is 33.3 Å². The van der Waals surface area contributed by atoms with Crippen LogP contribution in [0.25, 0.3) is 0 Å². The molecule has 0 aromatic heterocycles. The van der Waals surface area contributed by atoms with Gasteiger partial charge in [0.2, 0.25) is 5.91 Å². The molecule has 5 nitrogen and oxygen atoms in total. The van der Waals surface area contributed by atoms with Crippen LogP contribution in [0.1, 0.15) is 15.9 Å². The van der Waals surface area contributed by atoms with Crippen molar-refractivity contribution in [2.75, 3.05) is 18.6 Å². The molecule has 2 aromatic rings. The van der Waals surface area contributed by atoms with Crippen molar-refractivity contribution >= 4 is 30.8 Å². The van der Waals surface area contributed by atoms with Gasteiger partial charge in [0, 0.05) is 0 Å². The Morgan fingerprint density at radius 1 is 1.17 bits per heavy atom. The number of amides is 2. The van der Waals surface area contributed by atoms with Gasteiger partial charge in [0.1, 0.15) is 13.6 Å². The largest absolute Gasteiger partial charge is 0.497 e. The van der Waals surface area contributed by atoms with Crippen LogP contribution >= 0.6 is 0 Å². The SMILES string of the molecule is [B]c1ccc2c(c1)C(=O)NCC(=O)N2Cc1ccc(OC)cc1. The molecule has 0 aliphatic carbocycles. The molecule has 0 fully saturated rings. The summed E-state index contributed by atoms with van der Waals surface area (Å²) in [4.78, 5) is 26.1. The molecule has 6 heteroatoms. The fourth-order valence-corrected chi connectivity index (χ4v) is 2.54. The van der Waals surface area contributed by atoms with Gasteiger partial charge in [0.25, 0.3) is 5.91 Å². The molecule has 2 amide bonds. The van der Waals surface area contributed by atoms with E-state index in [1.165, 1.54) is 0 Å². The Labute approximate surface area is 135 Å². The van der Waals surface area contributed by atoms with E-state index in [1.807, 2.05) is 24.3 Å². The van der Waals surface area contributed by atoms with E-state index in [0.717, 1.165) is 11.3 Å². The van der Waals surface area contributed by atoms with E-state index in [0.29, 0.717) is 23.3 Å². The fourth-order valence-electron chi connectivity index (χ4n) is 2.54. The van der Waals surface area contributed by atoms with E-state index in [2.05, 4.69) is 5.32 Å². The number of carbonyl (C=O) groups excluding carboxylic acids is 2. The highest BCUT2D eigenvalue weighted by atomic mass is 16.5. The zero-order valence-electron chi connectivity index (χ0n) is 12.7. The highest BCUT2D eigenvalue weighted by molar-refractivity contribution is 6.33. The number of nitrogens with one attached hydrogen (secondary N) is 1. The number of nitrogens with zero attached hydrogens (tertiary/aromatic N) is 1. The van der Waals surface area contributed by atoms with Crippen molar-refractivity contribution in [2.24, 2.45) is 0 Å². The number of anilines is 1. The van der Waals surface area contributed by atoms with E-state index in [1.54, 1.807) is 30.2 Å². The molecule has 2 aromatic carbocycles. The fraction of sp³-hybridized carbons (Fsp3) is 0.176. The summed E-state index contributed by atoms with van der Waals surface area (Å²) in [5.74, 6) is 0.288. The number of hydrogen-bond acceptors (Lipinski definition) is 3. The molecule has 1 N–H and O–H groups in total. The third-order valence-corrected chi connectivity index (χ3v) is 3.76. The van der Waals surface area contributed by atoms with Gasteiger partial charge in [-0.2, -0.15) is 0 Å². The van der Waals surface area contributed by atoms with Crippen LogP contribution in [0, 0.1) is 0 Å². The summed E-state index contributed by atoms with van der Waals surface area (Å²) in [6.45, 7) is 0.332. The predicted molar refractivity (Wildman–Crippen MR) is 88.3 cm³/mol. The first-order valence-corrected chi connectivity index (χ1v) is 7.19. The average molecular weight is 306 g/mol. The van der Waals surface area contributed by atoms with Gasteiger partial charge in [-0.05, 0) is 23.8 Å². The number of benzene rings is 2. The summed E-state index contributed by atoms with van der Waals surface area (Å²) in [6, 6.07) is 12.4. The molecule has 23 heavy (non-hydrogen) atoms. The molecule has 1 aliphatic heterocycles. The second kappa shape index (κ2) is 6.16. The summed E-state index contributed by atoms with van der Waals surface area (Å²) in [6.07, 6.45) is 0. The second-order valence-corrected chi connectivity index (χ2v) is 5.29. The third kappa shape index (κ3) is 3.06. The number of carbonyl (C=O) groups is 2. The quantitative estimate of drug-likeness (QED) is 0.852. The van der Waals surface area contributed by atoms with Gasteiger partial charge in [-0.15, -0.1) is 0 Å². The van der Waals surface area contributed by atoms with Crippen molar-refractivity contribution in [1.82, 2.24) is 5.32 Å². The van der Waals surface area contributed by atoms with Gasteiger partial charge < -0.3 is 15.0 Å². The molecule has 0 unspecified atom stereocenters. The summed E-state index contributed by atoms with van der Waals surface area (Å²) in [5.41, 5.74) is 2.40. The number of fused-ring (bicyclic) bond motifs is 1.